The number of hydrogen-bond donors (Lipinski definition) is 1. The first-order chi connectivity index (χ1) is 9.08. The number of benzene rings is 1. The topological polar surface area (TPSA) is 15.3 Å². The molecule has 1 fully saturated rings. The second kappa shape index (κ2) is 6.97. The molecule has 0 aliphatic carbocycles. The van der Waals surface area contributed by atoms with Gasteiger partial charge in [-0.05, 0) is 23.8 Å². The lowest BCUT2D eigenvalue weighted by atomic mass is 10.0. The number of piperazine rings is 1. The molecular formula is C13H16BrClF2N2. The zero-order chi connectivity index (χ0) is 13.8. The van der Waals surface area contributed by atoms with Crippen LogP contribution < -0.4 is 5.32 Å². The molecule has 2 nitrogen and oxygen atoms in total. The third kappa shape index (κ3) is 4.12. The number of rotatable bonds is 4. The van der Waals surface area contributed by atoms with Crippen molar-refractivity contribution in [3.63, 3.8) is 0 Å². The molecule has 0 aromatic heterocycles. The molecule has 1 aromatic rings. The Bertz CT molecular complexity index is 425. The quantitative estimate of drug-likeness (QED) is 0.888. The van der Waals surface area contributed by atoms with Crippen molar-refractivity contribution in [3.05, 3.63) is 33.3 Å². The van der Waals surface area contributed by atoms with Crippen LogP contribution in [0, 0.1) is 0 Å². The van der Waals surface area contributed by atoms with Crippen LogP contribution in [-0.4, -0.2) is 37.5 Å². The van der Waals surface area contributed by atoms with Gasteiger partial charge in [-0.2, -0.15) is 0 Å². The van der Waals surface area contributed by atoms with Gasteiger partial charge < -0.3 is 5.32 Å². The maximum atomic E-state index is 12.9. The summed E-state index contributed by atoms with van der Waals surface area (Å²) in [6.07, 6.45) is -2.52. The number of halogens is 4. The fraction of sp³-hybridized carbons (Fsp3) is 0.538. The molecule has 19 heavy (non-hydrogen) atoms. The van der Waals surface area contributed by atoms with E-state index in [9.17, 15) is 8.78 Å². The molecule has 0 unspecified atom stereocenters. The molecular weight excluding hydrogens is 338 g/mol. The smallest absolute Gasteiger partial charge is 0.240 e. The molecule has 2 rings (SSSR count). The van der Waals surface area contributed by atoms with E-state index >= 15 is 0 Å². The third-order valence-corrected chi connectivity index (χ3v) is 4.15. The SMILES string of the molecule is FC(F)C[C@H](c1cc(Br)ccc1Cl)N1CCNCC1. The highest BCUT2D eigenvalue weighted by Gasteiger charge is 2.27. The molecule has 0 spiro atoms. The van der Waals surface area contributed by atoms with Gasteiger partial charge in [-0.3, -0.25) is 4.90 Å². The van der Waals surface area contributed by atoms with E-state index in [1.54, 1.807) is 6.07 Å². The minimum atomic E-state index is -2.34. The summed E-state index contributed by atoms with van der Waals surface area (Å²) < 4.78 is 26.6. The summed E-state index contributed by atoms with van der Waals surface area (Å²) in [5.41, 5.74) is 0.776. The molecule has 0 radical (unpaired) electrons. The maximum Gasteiger partial charge on any atom is 0.240 e. The maximum absolute atomic E-state index is 12.9. The van der Waals surface area contributed by atoms with Gasteiger partial charge in [0.1, 0.15) is 0 Å². The summed E-state index contributed by atoms with van der Waals surface area (Å²) in [6, 6.07) is 5.09. The molecule has 106 valence electrons. The van der Waals surface area contributed by atoms with Gasteiger partial charge >= 0.3 is 0 Å². The summed E-state index contributed by atoms with van der Waals surface area (Å²) in [6.45, 7) is 3.18. The minimum absolute atomic E-state index is 0.184. The largest absolute Gasteiger partial charge is 0.314 e. The highest BCUT2D eigenvalue weighted by molar-refractivity contribution is 9.10. The molecule has 1 heterocycles. The van der Waals surface area contributed by atoms with Crippen LogP contribution in [0.2, 0.25) is 5.02 Å². The van der Waals surface area contributed by atoms with E-state index in [1.807, 2.05) is 12.1 Å². The lowest BCUT2D eigenvalue weighted by Crippen LogP contribution is -2.45. The lowest BCUT2D eigenvalue weighted by molar-refractivity contribution is 0.0739. The van der Waals surface area contributed by atoms with Crippen LogP contribution in [0.4, 0.5) is 8.78 Å². The van der Waals surface area contributed by atoms with Gasteiger partial charge in [0.25, 0.3) is 0 Å². The summed E-state index contributed by atoms with van der Waals surface area (Å²) in [5, 5.41) is 3.78. The van der Waals surface area contributed by atoms with Gasteiger partial charge in [0.2, 0.25) is 6.43 Å². The predicted octanol–water partition coefficient (Wildman–Crippen LogP) is 3.70. The molecule has 1 saturated heterocycles. The summed E-state index contributed by atoms with van der Waals surface area (Å²) in [7, 11) is 0. The first-order valence-corrected chi connectivity index (χ1v) is 7.43. The highest BCUT2D eigenvalue weighted by atomic mass is 79.9. The molecule has 1 atom stereocenters. The molecule has 6 heteroatoms. The zero-order valence-electron chi connectivity index (χ0n) is 10.4. The summed E-state index contributed by atoms with van der Waals surface area (Å²) in [4.78, 5) is 2.08. The van der Waals surface area contributed by atoms with E-state index in [1.165, 1.54) is 0 Å². The van der Waals surface area contributed by atoms with Gasteiger partial charge in [-0.15, -0.1) is 0 Å². The Kier molecular flexibility index (Phi) is 5.57. The van der Waals surface area contributed by atoms with Crippen molar-refractivity contribution in [2.75, 3.05) is 26.2 Å². The normalized spacial score (nSPS) is 18.8. The van der Waals surface area contributed by atoms with Gasteiger partial charge in [-0.25, -0.2) is 8.78 Å². The van der Waals surface area contributed by atoms with E-state index < -0.39 is 6.43 Å². The first kappa shape index (κ1) is 15.2. The average Bonchev–Trinajstić information content (AvgIpc) is 2.40. The monoisotopic (exact) mass is 352 g/mol. The standard InChI is InChI=1S/C13H16BrClF2N2/c14-9-1-2-11(15)10(7-9)12(8-13(16)17)19-5-3-18-4-6-19/h1-2,7,12-13,18H,3-6,8H2/t12-/m1/s1. The van der Waals surface area contributed by atoms with Crippen LogP contribution in [0.15, 0.2) is 22.7 Å². The van der Waals surface area contributed by atoms with Crippen molar-refractivity contribution >= 4 is 27.5 Å². The van der Waals surface area contributed by atoms with Gasteiger partial charge in [0.15, 0.2) is 0 Å². The number of hydrogen-bond acceptors (Lipinski definition) is 2. The molecule has 0 bridgehead atoms. The van der Waals surface area contributed by atoms with E-state index in [0.29, 0.717) is 5.02 Å². The van der Waals surface area contributed by atoms with E-state index in [-0.39, 0.29) is 12.5 Å². The Hall–Kier alpha value is -0.230. The second-order valence-corrected chi connectivity index (χ2v) is 5.92. The Morgan fingerprint density at radius 3 is 2.63 bits per heavy atom. The Morgan fingerprint density at radius 2 is 2.00 bits per heavy atom. The van der Waals surface area contributed by atoms with Crippen molar-refractivity contribution in [2.24, 2.45) is 0 Å². The van der Waals surface area contributed by atoms with Crippen molar-refractivity contribution in [1.29, 1.82) is 0 Å². The van der Waals surface area contributed by atoms with Crippen molar-refractivity contribution in [3.8, 4) is 0 Å². The Morgan fingerprint density at radius 1 is 1.32 bits per heavy atom. The third-order valence-electron chi connectivity index (χ3n) is 3.31. The summed E-state index contributed by atoms with van der Waals surface area (Å²) in [5.74, 6) is 0. The molecule has 0 amide bonds. The predicted molar refractivity (Wildman–Crippen MR) is 77.0 cm³/mol. The Labute approximate surface area is 125 Å². The first-order valence-electron chi connectivity index (χ1n) is 6.26. The van der Waals surface area contributed by atoms with Gasteiger partial charge in [-0.1, -0.05) is 27.5 Å². The van der Waals surface area contributed by atoms with Crippen molar-refractivity contribution in [1.82, 2.24) is 10.2 Å². The zero-order valence-corrected chi connectivity index (χ0v) is 12.7. The van der Waals surface area contributed by atoms with Crippen LogP contribution in [0.25, 0.3) is 0 Å². The fourth-order valence-electron chi connectivity index (χ4n) is 2.41. The fourth-order valence-corrected chi connectivity index (χ4v) is 3.03. The number of nitrogens with zero attached hydrogens (tertiary/aromatic N) is 1. The lowest BCUT2D eigenvalue weighted by Gasteiger charge is -2.35. The van der Waals surface area contributed by atoms with Gasteiger partial charge in [0.05, 0.1) is 0 Å². The van der Waals surface area contributed by atoms with Crippen LogP contribution in [0.5, 0.6) is 0 Å². The van der Waals surface area contributed by atoms with Crippen LogP contribution in [0.1, 0.15) is 18.0 Å². The summed E-state index contributed by atoms with van der Waals surface area (Å²) >= 11 is 9.56. The number of alkyl halides is 2. The minimum Gasteiger partial charge on any atom is -0.314 e. The highest BCUT2D eigenvalue weighted by Crippen LogP contribution is 2.34. The molecule has 1 aromatic carbocycles. The van der Waals surface area contributed by atoms with E-state index in [2.05, 4.69) is 26.1 Å². The van der Waals surface area contributed by atoms with Crippen LogP contribution in [-0.2, 0) is 0 Å². The Balaban J connectivity index is 2.27. The van der Waals surface area contributed by atoms with Gasteiger partial charge in [0, 0.05) is 48.1 Å². The second-order valence-electron chi connectivity index (χ2n) is 4.59. The van der Waals surface area contributed by atoms with Crippen LogP contribution >= 0.6 is 27.5 Å². The van der Waals surface area contributed by atoms with Crippen molar-refractivity contribution < 1.29 is 8.78 Å². The molecule has 1 N–H and O–H groups in total. The molecule has 1 aliphatic rings. The van der Waals surface area contributed by atoms with Crippen LogP contribution in [0.3, 0.4) is 0 Å². The van der Waals surface area contributed by atoms with E-state index in [0.717, 1.165) is 36.2 Å². The average molecular weight is 354 g/mol. The van der Waals surface area contributed by atoms with Crippen molar-refractivity contribution in [2.45, 2.75) is 18.9 Å². The molecule has 0 saturated carbocycles. The number of nitrogens with one attached hydrogen (secondary N) is 1. The molecule has 1 aliphatic heterocycles. The van der Waals surface area contributed by atoms with E-state index in [4.69, 9.17) is 11.6 Å².